The predicted molar refractivity (Wildman–Crippen MR) is 83.1 cm³/mol. The lowest BCUT2D eigenvalue weighted by Gasteiger charge is -2.17. The van der Waals surface area contributed by atoms with Crippen molar-refractivity contribution >= 4 is 0 Å². The third-order valence-corrected chi connectivity index (χ3v) is 4.09. The molecular weight excluding hydrogens is 270 g/mol. The lowest BCUT2D eigenvalue weighted by molar-refractivity contribution is 0.0374. The van der Waals surface area contributed by atoms with Gasteiger partial charge in [-0.25, -0.2) is 0 Å². The van der Waals surface area contributed by atoms with E-state index in [1.165, 1.54) is 0 Å². The van der Waals surface area contributed by atoms with Crippen molar-refractivity contribution in [2.45, 2.75) is 63.7 Å². The molecule has 120 valence electrons. The first-order valence-corrected chi connectivity index (χ1v) is 7.62. The smallest absolute Gasteiger partial charge is 0.0927 e. The number of aliphatic hydroxyl groups is 2. The van der Waals surface area contributed by atoms with E-state index in [1.54, 1.807) is 0 Å². The molecule has 0 radical (unpaired) electrons. The lowest BCUT2D eigenvalue weighted by Crippen LogP contribution is -2.17. The highest BCUT2D eigenvalue weighted by Gasteiger charge is 2.29. The molecule has 1 rings (SSSR count). The first kappa shape index (κ1) is 17.9. The molecule has 5 nitrogen and oxygen atoms in total. The zero-order valence-corrected chi connectivity index (χ0v) is 12.8. The molecule has 0 saturated carbocycles. The van der Waals surface area contributed by atoms with Crippen LogP contribution in [-0.4, -0.2) is 35.1 Å². The molecule has 1 unspecified atom stereocenters. The van der Waals surface area contributed by atoms with Gasteiger partial charge < -0.3 is 14.9 Å². The van der Waals surface area contributed by atoms with Gasteiger partial charge in [0.15, 0.2) is 0 Å². The minimum atomic E-state index is -0.336. The van der Waals surface area contributed by atoms with Crippen LogP contribution in [0.4, 0.5) is 0 Å². The second-order valence-corrected chi connectivity index (χ2v) is 5.94. The average molecular weight is 297 g/mol. The molecule has 1 saturated heterocycles. The van der Waals surface area contributed by atoms with Crippen LogP contribution in [0.25, 0.3) is 0 Å². The van der Waals surface area contributed by atoms with Gasteiger partial charge in [-0.1, -0.05) is 25.3 Å². The van der Waals surface area contributed by atoms with E-state index in [4.69, 9.17) is 9.84 Å². The molecule has 4 atom stereocenters. The summed E-state index contributed by atoms with van der Waals surface area (Å²) in [4.78, 5) is 10.9. The van der Waals surface area contributed by atoms with Gasteiger partial charge in [0.25, 0.3) is 0 Å². The van der Waals surface area contributed by atoms with Crippen molar-refractivity contribution in [3.8, 4) is 0 Å². The molecule has 0 aliphatic carbocycles. The second kappa shape index (κ2) is 8.95. The number of hydrogen-bond acceptors (Lipinski definition) is 5. The summed E-state index contributed by atoms with van der Waals surface area (Å²) in [7, 11) is 0. The van der Waals surface area contributed by atoms with Gasteiger partial charge >= 0.3 is 0 Å². The number of nitrogens with zero attached hydrogens (tertiary/aromatic N) is 1. The topological polar surface area (TPSA) is 79.1 Å². The predicted octanol–water partition coefficient (Wildman–Crippen LogP) is 3.49. The van der Waals surface area contributed by atoms with Crippen LogP contribution in [0.3, 0.4) is 0 Å². The molecule has 0 aromatic heterocycles. The van der Waals surface area contributed by atoms with Crippen molar-refractivity contribution in [1.82, 2.24) is 0 Å². The van der Waals surface area contributed by atoms with E-state index in [0.717, 1.165) is 31.3 Å². The van der Waals surface area contributed by atoms with Gasteiger partial charge in [0.05, 0.1) is 24.0 Å². The molecule has 0 spiro atoms. The molecule has 0 bridgehead atoms. The van der Waals surface area contributed by atoms with Crippen LogP contribution in [-0.2, 0) is 4.74 Å². The molecule has 21 heavy (non-hydrogen) atoms. The summed E-state index contributed by atoms with van der Waals surface area (Å²) in [6, 6.07) is -0.336. The van der Waals surface area contributed by atoms with E-state index in [0.29, 0.717) is 12.8 Å². The Balaban J connectivity index is 2.37. The van der Waals surface area contributed by atoms with Crippen LogP contribution in [0.1, 0.15) is 45.4 Å². The number of nitroso groups, excluding NO2 is 1. The quantitative estimate of drug-likeness (QED) is 0.367. The summed E-state index contributed by atoms with van der Waals surface area (Å²) in [5.41, 5.74) is 1.06. The van der Waals surface area contributed by atoms with Gasteiger partial charge in [-0.15, -0.1) is 0 Å². The van der Waals surface area contributed by atoms with Crippen molar-refractivity contribution < 1.29 is 14.9 Å². The van der Waals surface area contributed by atoms with Gasteiger partial charge in [0.1, 0.15) is 0 Å². The van der Waals surface area contributed by atoms with Gasteiger partial charge in [-0.3, -0.25) is 0 Å². The number of hydrogen-bond donors (Lipinski definition) is 2. The van der Waals surface area contributed by atoms with Crippen molar-refractivity contribution in [2.24, 2.45) is 11.1 Å². The first-order valence-electron chi connectivity index (χ1n) is 7.62. The highest BCUT2D eigenvalue weighted by Crippen LogP contribution is 2.31. The number of aliphatic hydroxyl groups excluding tert-OH is 2. The minimum absolute atomic E-state index is 0.0226. The first-order chi connectivity index (χ1) is 9.97. The standard InChI is InChI=1S/C16H27NO4/c1-11(13(3)19)9-14(17-20)6-7-16-12(2)10-15(21-16)5-4-8-18/h11,14-16,18-19H,2-10H2,1H3/t11-,14-,15?,16+/m1/s1. The zero-order chi connectivity index (χ0) is 15.8. The normalized spacial score (nSPS) is 24.8. The molecule has 0 amide bonds. The third-order valence-electron chi connectivity index (χ3n) is 4.09. The fourth-order valence-corrected chi connectivity index (χ4v) is 2.66. The Bertz CT molecular complexity index is 369. The van der Waals surface area contributed by atoms with E-state index < -0.39 is 0 Å². The van der Waals surface area contributed by atoms with Crippen molar-refractivity contribution in [2.75, 3.05) is 6.61 Å². The summed E-state index contributed by atoms with van der Waals surface area (Å²) in [6.45, 7) is 9.53. The van der Waals surface area contributed by atoms with Crippen molar-refractivity contribution in [1.29, 1.82) is 0 Å². The average Bonchev–Trinajstić information content (AvgIpc) is 2.81. The van der Waals surface area contributed by atoms with Crippen LogP contribution in [0.15, 0.2) is 29.7 Å². The van der Waals surface area contributed by atoms with E-state index in [1.807, 2.05) is 6.92 Å². The Hall–Kier alpha value is -1.20. The fraction of sp³-hybridized carbons (Fsp3) is 0.750. The monoisotopic (exact) mass is 297 g/mol. The Labute approximate surface area is 126 Å². The number of rotatable bonds is 10. The molecule has 1 heterocycles. The molecule has 2 N–H and O–H groups in total. The van der Waals surface area contributed by atoms with Gasteiger partial charge in [0, 0.05) is 12.5 Å². The Morgan fingerprint density at radius 2 is 2.24 bits per heavy atom. The molecule has 1 fully saturated rings. The Morgan fingerprint density at radius 1 is 1.52 bits per heavy atom. The summed E-state index contributed by atoms with van der Waals surface area (Å²) in [6.07, 6.45) is 4.35. The summed E-state index contributed by atoms with van der Waals surface area (Å²) >= 11 is 0. The lowest BCUT2D eigenvalue weighted by atomic mass is 9.95. The van der Waals surface area contributed by atoms with E-state index in [2.05, 4.69) is 18.3 Å². The molecule has 0 aromatic carbocycles. The van der Waals surface area contributed by atoms with Crippen LogP contribution >= 0.6 is 0 Å². The van der Waals surface area contributed by atoms with Crippen LogP contribution < -0.4 is 0 Å². The van der Waals surface area contributed by atoms with Crippen LogP contribution in [0, 0.1) is 10.8 Å². The molecular formula is C16H27NO4. The fourth-order valence-electron chi connectivity index (χ4n) is 2.66. The SMILES string of the molecule is C=C(O)[C@H](C)C[C@@H](CC[C@@H]1OC(CCCO)CC1=C)N=O. The van der Waals surface area contributed by atoms with Gasteiger partial charge in [0.2, 0.25) is 0 Å². The van der Waals surface area contributed by atoms with Crippen molar-refractivity contribution in [3.05, 3.63) is 29.4 Å². The van der Waals surface area contributed by atoms with Crippen LogP contribution in [0.5, 0.6) is 0 Å². The summed E-state index contributed by atoms with van der Waals surface area (Å²) in [5.74, 6) is -0.0352. The summed E-state index contributed by atoms with van der Waals surface area (Å²) < 4.78 is 5.90. The largest absolute Gasteiger partial charge is 0.513 e. The maximum atomic E-state index is 10.9. The van der Waals surface area contributed by atoms with Gasteiger partial charge in [-0.2, -0.15) is 4.91 Å². The number of ether oxygens (including phenoxy) is 1. The minimum Gasteiger partial charge on any atom is -0.513 e. The van der Waals surface area contributed by atoms with E-state index in [-0.39, 0.29) is 36.5 Å². The highest BCUT2D eigenvalue weighted by atomic mass is 16.5. The van der Waals surface area contributed by atoms with Gasteiger partial charge in [-0.05, 0) is 44.1 Å². The zero-order valence-electron chi connectivity index (χ0n) is 12.8. The highest BCUT2D eigenvalue weighted by molar-refractivity contribution is 5.09. The van der Waals surface area contributed by atoms with Crippen LogP contribution in [0.2, 0.25) is 0 Å². The molecule has 1 aliphatic rings. The van der Waals surface area contributed by atoms with Crippen molar-refractivity contribution in [3.63, 3.8) is 0 Å². The third kappa shape index (κ3) is 5.98. The summed E-state index contributed by atoms with van der Waals surface area (Å²) in [5, 5.41) is 21.3. The van der Waals surface area contributed by atoms with E-state index in [9.17, 15) is 10.0 Å². The Kier molecular flexibility index (Phi) is 7.61. The molecule has 5 heteroatoms. The molecule has 1 aliphatic heterocycles. The molecule has 0 aromatic rings. The maximum absolute atomic E-state index is 10.9. The Morgan fingerprint density at radius 3 is 2.81 bits per heavy atom. The number of allylic oxidation sites excluding steroid dienone is 1. The maximum Gasteiger partial charge on any atom is 0.0927 e. The second-order valence-electron chi connectivity index (χ2n) is 5.94. The van der Waals surface area contributed by atoms with E-state index >= 15 is 0 Å².